The molecule has 9 heteroatoms. The van der Waals surface area contributed by atoms with E-state index in [0.29, 0.717) is 13.1 Å². The van der Waals surface area contributed by atoms with E-state index in [4.69, 9.17) is 4.74 Å². The summed E-state index contributed by atoms with van der Waals surface area (Å²) in [5.41, 5.74) is 0.764. The van der Waals surface area contributed by atoms with E-state index in [1.165, 1.54) is 12.1 Å². The fourth-order valence-electron chi connectivity index (χ4n) is 2.24. The third-order valence-electron chi connectivity index (χ3n) is 3.44. The molecule has 3 aromatic rings. The SMILES string of the molecule is O=C(COc1ccccc1[N+](=O)[O-])NCCNc1nc2ccccc2s1. The standard InChI is InChI=1S/C17H16N4O4S/c22-16(11-25-14-7-3-2-6-13(14)21(23)24)18-9-10-19-17-20-12-5-1-4-8-15(12)26-17/h1-8H,9-11H2,(H,18,22)(H,19,20). The molecule has 2 aromatic carbocycles. The van der Waals surface area contributed by atoms with Gasteiger partial charge in [0, 0.05) is 19.2 Å². The summed E-state index contributed by atoms with van der Waals surface area (Å²) in [7, 11) is 0. The van der Waals surface area contributed by atoms with Crippen molar-refractivity contribution in [2.24, 2.45) is 0 Å². The van der Waals surface area contributed by atoms with Crippen LogP contribution in [-0.4, -0.2) is 35.5 Å². The number of hydrogen-bond acceptors (Lipinski definition) is 7. The molecule has 0 aliphatic carbocycles. The molecule has 26 heavy (non-hydrogen) atoms. The quantitative estimate of drug-likeness (QED) is 0.358. The highest BCUT2D eigenvalue weighted by Gasteiger charge is 2.14. The molecule has 1 heterocycles. The van der Waals surface area contributed by atoms with E-state index in [1.54, 1.807) is 23.5 Å². The third kappa shape index (κ3) is 4.45. The lowest BCUT2D eigenvalue weighted by Crippen LogP contribution is -2.32. The first-order valence-electron chi connectivity index (χ1n) is 7.86. The number of para-hydroxylation sites is 3. The van der Waals surface area contributed by atoms with Crippen molar-refractivity contribution in [3.05, 3.63) is 58.6 Å². The highest BCUT2D eigenvalue weighted by molar-refractivity contribution is 7.22. The number of ether oxygens (including phenoxy) is 1. The number of carbonyl (C=O) groups excluding carboxylic acids is 1. The van der Waals surface area contributed by atoms with Gasteiger partial charge in [-0.1, -0.05) is 35.6 Å². The van der Waals surface area contributed by atoms with Crippen molar-refractivity contribution in [3.63, 3.8) is 0 Å². The summed E-state index contributed by atoms with van der Waals surface area (Å²) in [6.45, 7) is 0.609. The minimum Gasteiger partial charge on any atom is -0.477 e. The zero-order valence-corrected chi connectivity index (χ0v) is 14.5. The Morgan fingerprint density at radius 1 is 1.15 bits per heavy atom. The molecule has 0 aliphatic heterocycles. The van der Waals surface area contributed by atoms with Gasteiger partial charge in [0.2, 0.25) is 0 Å². The van der Waals surface area contributed by atoms with Crippen LogP contribution in [0.5, 0.6) is 5.75 Å². The van der Waals surface area contributed by atoms with Crippen LogP contribution in [0, 0.1) is 10.1 Å². The minimum absolute atomic E-state index is 0.0697. The molecule has 3 rings (SSSR count). The lowest BCUT2D eigenvalue weighted by atomic mass is 10.3. The number of fused-ring (bicyclic) bond motifs is 1. The second-order valence-corrected chi connectivity index (χ2v) is 6.31. The molecule has 0 unspecified atom stereocenters. The third-order valence-corrected chi connectivity index (χ3v) is 4.43. The normalized spacial score (nSPS) is 10.5. The van der Waals surface area contributed by atoms with Crippen LogP contribution in [0.15, 0.2) is 48.5 Å². The van der Waals surface area contributed by atoms with Crippen LogP contribution in [0.2, 0.25) is 0 Å². The predicted molar refractivity (Wildman–Crippen MR) is 99.7 cm³/mol. The number of nitrogens with one attached hydrogen (secondary N) is 2. The monoisotopic (exact) mass is 372 g/mol. The van der Waals surface area contributed by atoms with Crippen molar-refractivity contribution < 1.29 is 14.5 Å². The van der Waals surface area contributed by atoms with Crippen LogP contribution >= 0.6 is 11.3 Å². The van der Waals surface area contributed by atoms with Crippen LogP contribution in [0.1, 0.15) is 0 Å². The summed E-state index contributed by atoms with van der Waals surface area (Å²) >= 11 is 1.54. The average Bonchev–Trinajstić information content (AvgIpc) is 3.06. The van der Waals surface area contributed by atoms with Crippen molar-refractivity contribution >= 4 is 38.3 Å². The number of thiazole rings is 1. The van der Waals surface area contributed by atoms with Crippen molar-refractivity contribution in [3.8, 4) is 5.75 Å². The van der Waals surface area contributed by atoms with E-state index in [-0.39, 0.29) is 24.0 Å². The maximum atomic E-state index is 11.8. The lowest BCUT2D eigenvalue weighted by molar-refractivity contribution is -0.385. The highest BCUT2D eigenvalue weighted by Crippen LogP contribution is 2.26. The number of nitro benzene ring substituents is 1. The van der Waals surface area contributed by atoms with Gasteiger partial charge in [-0.2, -0.15) is 0 Å². The number of aromatic nitrogens is 1. The molecule has 0 fully saturated rings. The Morgan fingerprint density at radius 2 is 1.92 bits per heavy atom. The second-order valence-electron chi connectivity index (χ2n) is 5.28. The van der Waals surface area contributed by atoms with Crippen LogP contribution in [0.25, 0.3) is 10.2 Å². The summed E-state index contributed by atoms with van der Waals surface area (Å²) in [6, 6.07) is 13.8. The van der Waals surface area contributed by atoms with Crippen molar-refractivity contribution in [2.45, 2.75) is 0 Å². The van der Waals surface area contributed by atoms with Gasteiger partial charge in [0.15, 0.2) is 17.5 Å². The van der Waals surface area contributed by atoms with E-state index in [1.807, 2.05) is 24.3 Å². The van der Waals surface area contributed by atoms with E-state index in [9.17, 15) is 14.9 Å². The predicted octanol–water partition coefficient (Wildman–Crippen LogP) is 2.81. The number of benzene rings is 2. The van der Waals surface area contributed by atoms with Crippen LogP contribution < -0.4 is 15.4 Å². The summed E-state index contributed by atoms with van der Waals surface area (Å²) < 4.78 is 6.33. The van der Waals surface area contributed by atoms with E-state index in [2.05, 4.69) is 15.6 Å². The summed E-state index contributed by atoms with van der Waals surface area (Å²) in [6.07, 6.45) is 0. The smallest absolute Gasteiger partial charge is 0.310 e. The molecule has 0 saturated heterocycles. The Hall–Kier alpha value is -3.20. The topological polar surface area (TPSA) is 106 Å². The van der Waals surface area contributed by atoms with Gasteiger partial charge in [-0.3, -0.25) is 14.9 Å². The van der Waals surface area contributed by atoms with Gasteiger partial charge >= 0.3 is 5.69 Å². The molecule has 1 amide bonds. The maximum Gasteiger partial charge on any atom is 0.310 e. The summed E-state index contributed by atoms with van der Waals surface area (Å²) in [5.74, 6) is -0.283. The summed E-state index contributed by atoms with van der Waals surface area (Å²) in [4.78, 5) is 26.6. The Bertz CT molecular complexity index is 895. The fraction of sp³-hybridized carbons (Fsp3) is 0.176. The Balaban J connectivity index is 1.41. The number of amides is 1. The van der Waals surface area contributed by atoms with Crippen LogP contribution in [-0.2, 0) is 4.79 Å². The number of nitro groups is 1. The fourth-order valence-corrected chi connectivity index (χ4v) is 3.13. The van der Waals surface area contributed by atoms with Gasteiger partial charge < -0.3 is 15.4 Å². The molecule has 8 nitrogen and oxygen atoms in total. The molecule has 134 valence electrons. The summed E-state index contributed by atoms with van der Waals surface area (Å²) in [5, 5.41) is 17.5. The van der Waals surface area contributed by atoms with Crippen LogP contribution in [0.3, 0.4) is 0 Å². The molecule has 0 spiro atoms. The second kappa shape index (κ2) is 8.26. The zero-order chi connectivity index (χ0) is 18.4. The number of nitrogens with zero attached hydrogens (tertiary/aromatic N) is 2. The van der Waals surface area contributed by atoms with Gasteiger partial charge in [-0.05, 0) is 18.2 Å². The van der Waals surface area contributed by atoms with Gasteiger partial charge in [-0.25, -0.2) is 4.98 Å². The van der Waals surface area contributed by atoms with Crippen molar-refractivity contribution in [1.82, 2.24) is 10.3 Å². The van der Waals surface area contributed by atoms with Gasteiger partial charge in [0.1, 0.15) is 0 Å². The molecule has 0 atom stereocenters. The van der Waals surface area contributed by atoms with Crippen molar-refractivity contribution in [2.75, 3.05) is 25.0 Å². The number of hydrogen-bond donors (Lipinski definition) is 2. The highest BCUT2D eigenvalue weighted by atomic mass is 32.1. The molecule has 0 aliphatic rings. The molecule has 0 saturated carbocycles. The molecular weight excluding hydrogens is 356 g/mol. The number of carbonyl (C=O) groups is 1. The average molecular weight is 372 g/mol. The first-order chi connectivity index (χ1) is 12.6. The largest absolute Gasteiger partial charge is 0.477 e. The zero-order valence-electron chi connectivity index (χ0n) is 13.7. The van der Waals surface area contributed by atoms with Crippen LogP contribution in [0.4, 0.5) is 10.8 Å². The van der Waals surface area contributed by atoms with Gasteiger partial charge in [-0.15, -0.1) is 0 Å². The first kappa shape index (κ1) is 17.6. The molecule has 0 radical (unpaired) electrons. The molecule has 2 N–H and O–H groups in total. The number of rotatable bonds is 8. The lowest BCUT2D eigenvalue weighted by Gasteiger charge is -2.08. The first-order valence-corrected chi connectivity index (χ1v) is 8.67. The van der Waals surface area contributed by atoms with Gasteiger partial charge in [0.05, 0.1) is 15.1 Å². The maximum absolute atomic E-state index is 11.8. The van der Waals surface area contributed by atoms with Crippen molar-refractivity contribution in [1.29, 1.82) is 0 Å². The van der Waals surface area contributed by atoms with E-state index in [0.717, 1.165) is 15.3 Å². The minimum atomic E-state index is -0.546. The van der Waals surface area contributed by atoms with E-state index >= 15 is 0 Å². The van der Waals surface area contributed by atoms with Gasteiger partial charge in [0.25, 0.3) is 5.91 Å². The number of anilines is 1. The Kier molecular flexibility index (Phi) is 5.59. The Morgan fingerprint density at radius 3 is 2.73 bits per heavy atom. The Labute approximate surface area is 153 Å². The molecule has 1 aromatic heterocycles. The van der Waals surface area contributed by atoms with E-state index < -0.39 is 4.92 Å². The molecule has 0 bridgehead atoms. The molecular formula is C17H16N4O4S.